The zero-order chi connectivity index (χ0) is 52.0. The zero-order valence-electron chi connectivity index (χ0n) is 42.5. The van der Waals surface area contributed by atoms with Crippen LogP contribution in [0, 0.1) is 80.2 Å². The summed E-state index contributed by atoms with van der Waals surface area (Å²) >= 11 is 0. The predicted octanol–water partition coefficient (Wildman–Crippen LogP) is 12.2. The van der Waals surface area contributed by atoms with Crippen LogP contribution in [0.1, 0.15) is 57.7 Å². The van der Waals surface area contributed by atoms with E-state index < -0.39 is 0 Å². The highest BCUT2D eigenvalue weighted by Gasteiger charge is 2.27. The minimum Gasteiger partial charge on any atom is -0.319 e. The number of nitriles is 1. The summed E-state index contributed by atoms with van der Waals surface area (Å²) in [6, 6.07) is 37.0. The lowest BCUT2D eigenvalue weighted by Gasteiger charge is -2.21. The molecule has 12 aromatic rings. The van der Waals surface area contributed by atoms with Crippen LogP contribution in [0.25, 0.3) is 117 Å². The molecule has 0 fully saturated rings. The molecule has 360 valence electrons. The zero-order valence-corrected chi connectivity index (χ0v) is 42.5. The Morgan fingerprint density at radius 1 is 0.387 bits per heavy atom. The van der Waals surface area contributed by atoms with Crippen LogP contribution in [0.3, 0.4) is 0 Å². The number of hydrogen-bond donors (Lipinski definition) is 0. The summed E-state index contributed by atoms with van der Waals surface area (Å²) in [5, 5.41) is 14.1. The number of nitrogens with zero attached hydrogens (tertiary/aromatic N) is 16. The molecule has 16 heteroatoms. The van der Waals surface area contributed by atoms with Gasteiger partial charge in [0.05, 0.1) is 51.6 Å². The lowest BCUT2D eigenvalue weighted by Crippen LogP contribution is -2.04. The van der Waals surface area contributed by atoms with Crippen molar-refractivity contribution in [2.45, 2.75) is 62.3 Å². The van der Waals surface area contributed by atoms with Crippen LogP contribution in [0.2, 0.25) is 0 Å². The lowest BCUT2D eigenvalue weighted by molar-refractivity contribution is 0.928. The minimum atomic E-state index is 0.342. The SMILES string of the molecule is [C-]#[N+]c1c(-n2c3cc(-c4nc(C)nc(C)n4)ccc3c3ccc(-c4nc(C)nc(C)n4)cc32)ccc(-c2cc(C)cc(C#N)c2)c1-n1c2cc(-c3nc(C)nc(C)n3)ccc2c2ccc(-c3nc(C)nc(C)n3)cc21. The molecule has 0 amide bonds. The van der Waals surface area contributed by atoms with Gasteiger partial charge in [-0.1, -0.05) is 60.7 Å². The van der Waals surface area contributed by atoms with E-state index in [2.05, 4.69) is 101 Å². The fraction of sp³-hybridized carbons (Fsp3) is 0.153. The van der Waals surface area contributed by atoms with Crippen molar-refractivity contribution < 1.29 is 0 Å². The average Bonchev–Trinajstić information content (AvgIpc) is 3.90. The second kappa shape index (κ2) is 17.6. The topological polar surface area (TPSA) is 193 Å². The molecule has 0 aliphatic carbocycles. The monoisotopic (exact) mass is 976 g/mol. The Kier molecular flexibility index (Phi) is 10.8. The van der Waals surface area contributed by atoms with Gasteiger partial charge in [0.15, 0.2) is 23.3 Å². The molecule has 16 nitrogen and oxygen atoms in total. The third kappa shape index (κ3) is 8.02. The summed E-state index contributed by atoms with van der Waals surface area (Å²) in [4.78, 5) is 60.7. The van der Waals surface area contributed by atoms with Crippen molar-refractivity contribution in [2.75, 3.05) is 0 Å². The fourth-order valence-electron chi connectivity index (χ4n) is 10.4. The first-order valence-corrected chi connectivity index (χ1v) is 24.2. The van der Waals surface area contributed by atoms with Gasteiger partial charge in [-0.2, -0.15) is 5.26 Å². The van der Waals surface area contributed by atoms with Gasteiger partial charge in [-0.3, -0.25) is 0 Å². The van der Waals surface area contributed by atoms with E-state index in [0.29, 0.717) is 92.5 Å². The standard InChI is InChI=1S/C59H44N16/c1-29-21-38(28-60)23-43(22-29)44-19-20-49(74-50-24-39(56-66-30(2)62-31(3)67-56)11-15-45(50)46-16-12-40(25-51(46)74)57-68-32(4)63-33(5)69-57)54(61-10)55(44)75-52-26-41(58-70-34(6)64-35(7)71-58)13-17-47(52)48-18-14-42(27-53(48)75)59-72-36(8)65-37(9)73-59/h11-27H,1-9H3. The summed E-state index contributed by atoms with van der Waals surface area (Å²) in [5.74, 6) is 6.95. The molecule has 0 bridgehead atoms. The van der Waals surface area contributed by atoms with Gasteiger partial charge in [0.25, 0.3) is 0 Å². The van der Waals surface area contributed by atoms with E-state index in [1.807, 2.05) is 105 Å². The molecule has 0 radical (unpaired) electrons. The number of rotatable bonds is 7. The average molecular weight is 977 g/mol. The van der Waals surface area contributed by atoms with Gasteiger partial charge in [0, 0.05) is 43.8 Å². The van der Waals surface area contributed by atoms with E-state index in [0.717, 1.165) is 82.6 Å². The molecular formula is C59H44N16. The van der Waals surface area contributed by atoms with Crippen LogP contribution >= 0.6 is 0 Å². The Morgan fingerprint density at radius 2 is 0.733 bits per heavy atom. The van der Waals surface area contributed by atoms with Crippen LogP contribution in [0.4, 0.5) is 5.69 Å². The van der Waals surface area contributed by atoms with E-state index >= 15 is 0 Å². The van der Waals surface area contributed by atoms with Crippen LogP contribution in [-0.2, 0) is 0 Å². The fourth-order valence-corrected chi connectivity index (χ4v) is 10.4. The van der Waals surface area contributed by atoms with Gasteiger partial charge in [-0.15, -0.1) is 0 Å². The Balaban J connectivity index is 1.25. The van der Waals surface area contributed by atoms with E-state index in [-0.39, 0.29) is 0 Å². The highest BCUT2D eigenvalue weighted by molar-refractivity contribution is 6.14. The largest absolute Gasteiger partial charge is 0.319 e. The Labute approximate surface area is 430 Å². The van der Waals surface area contributed by atoms with Crippen molar-refractivity contribution in [3.63, 3.8) is 0 Å². The van der Waals surface area contributed by atoms with Crippen molar-refractivity contribution in [3.8, 4) is 74.1 Å². The molecule has 6 aromatic heterocycles. The minimum absolute atomic E-state index is 0.342. The van der Waals surface area contributed by atoms with Crippen molar-refractivity contribution in [1.82, 2.24) is 68.9 Å². The Hall–Kier alpha value is -10.1. The van der Waals surface area contributed by atoms with Crippen LogP contribution in [0.5, 0.6) is 0 Å². The number of benzene rings is 6. The molecular weight excluding hydrogens is 933 g/mol. The van der Waals surface area contributed by atoms with E-state index in [4.69, 9.17) is 39.9 Å². The summed E-state index contributed by atoms with van der Waals surface area (Å²) in [6.45, 7) is 26.3. The van der Waals surface area contributed by atoms with Gasteiger partial charge in [-0.25, -0.2) is 64.7 Å². The third-order valence-corrected chi connectivity index (χ3v) is 13.2. The molecule has 0 aliphatic heterocycles. The van der Waals surface area contributed by atoms with Gasteiger partial charge in [0.1, 0.15) is 46.6 Å². The molecule has 0 saturated heterocycles. The Morgan fingerprint density at radius 3 is 1.07 bits per heavy atom. The molecule has 75 heavy (non-hydrogen) atoms. The van der Waals surface area contributed by atoms with E-state index in [9.17, 15) is 11.8 Å². The molecule has 12 rings (SSSR count). The highest BCUT2D eigenvalue weighted by Crippen LogP contribution is 2.47. The second-order valence-corrected chi connectivity index (χ2v) is 18.8. The first-order valence-electron chi connectivity index (χ1n) is 24.2. The van der Waals surface area contributed by atoms with Gasteiger partial charge in [0.2, 0.25) is 5.69 Å². The maximum absolute atomic E-state index is 10.4. The molecule has 0 spiro atoms. The second-order valence-electron chi connectivity index (χ2n) is 18.8. The van der Waals surface area contributed by atoms with Gasteiger partial charge >= 0.3 is 0 Å². The van der Waals surface area contributed by atoms with Crippen LogP contribution < -0.4 is 0 Å². The lowest BCUT2D eigenvalue weighted by atomic mass is 9.97. The van der Waals surface area contributed by atoms with Gasteiger partial charge in [-0.05, 0) is 121 Å². The first-order chi connectivity index (χ1) is 36.2. The molecule has 0 aliphatic rings. The van der Waals surface area contributed by atoms with Crippen molar-refractivity contribution in [1.29, 1.82) is 5.26 Å². The number of hydrogen-bond acceptors (Lipinski definition) is 13. The normalized spacial score (nSPS) is 11.5. The Bertz CT molecular complexity index is 4220. The van der Waals surface area contributed by atoms with E-state index in [1.165, 1.54) is 0 Å². The first kappa shape index (κ1) is 46.0. The smallest absolute Gasteiger partial charge is 0.234 e. The van der Waals surface area contributed by atoms with Gasteiger partial charge < -0.3 is 9.13 Å². The number of aryl methyl sites for hydroxylation is 9. The number of aromatic nitrogens is 14. The maximum Gasteiger partial charge on any atom is 0.234 e. The summed E-state index contributed by atoms with van der Waals surface area (Å²) < 4.78 is 4.31. The highest BCUT2D eigenvalue weighted by atomic mass is 15.1. The van der Waals surface area contributed by atoms with Crippen LogP contribution in [-0.4, -0.2) is 68.9 Å². The maximum atomic E-state index is 10.4. The summed E-state index contributed by atoms with van der Waals surface area (Å²) in [6.07, 6.45) is 0. The summed E-state index contributed by atoms with van der Waals surface area (Å²) in [7, 11) is 0. The molecule has 0 atom stereocenters. The quantitative estimate of drug-likeness (QED) is 0.137. The molecule has 6 aromatic carbocycles. The molecule has 0 N–H and O–H groups in total. The molecule has 0 saturated carbocycles. The predicted molar refractivity (Wildman–Crippen MR) is 289 cm³/mol. The van der Waals surface area contributed by atoms with Crippen molar-refractivity contribution in [2.24, 2.45) is 0 Å². The molecule has 0 unspecified atom stereocenters. The van der Waals surface area contributed by atoms with Crippen molar-refractivity contribution >= 4 is 49.3 Å². The van der Waals surface area contributed by atoms with Crippen LogP contribution in [0.15, 0.2) is 103 Å². The summed E-state index contributed by atoms with van der Waals surface area (Å²) in [5.41, 5.74) is 10.7. The molecule has 6 heterocycles. The third-order valence-electron chi connectivity index (χ3n) is 13.2. The number of fused-ring (bicyclic) bond motifs is 6. The van der Waals surface area contributed by atoms with Crippen molar-refractivity contribution in [3.05, 3.63) is 172 Å². The van der Waals surface area contributed by atoms with E-state index in [1.54, 1.807) is 0 Å².